The summed E-state index contributed by atoms with van der Waals surface area (Å²) in [6.07, 6.45) is 9.80. The second kappa shape index (κ2) is 6.44. The second-order valence-electron chi connectivity index (χ2n) is 7.22. The molecule has 1 aromatic carbocycles. The van der Waals surface area contributed by atoms with Gasteiger partial charge in [0.05, 0.1) is 0 Å². The van der Waals surface area contributed by atoms with Crippen molar-refractivity contribution in [3.05, 3.63) is 60.4 Å². The average molecular weight is 349 g/mol. The zero-order valence-electron chi connectivity index (χ0n) is 15.1. The van der Waals surface area contributed by atoms with Gasteiger partial charge in [-0.3, -0.25) is 4.79 Å². The molecule has 3 aromatic rings. The number of hydrogen-bond acceptors (Lipinski definition) is 3. The van der Waals surface area contributed by atoms with Crippen molar-refractivity contribution >= 4 is 5.91 Å². The molecular formula is C20H23N5O. The van der Waals surface area contributed by atoms with Gasteiger partial charge in [0.25, 0.3) is 5.91 Å². The van der Waals surface area contributed by atoms with Crippen LogP contribution in [0.15, 0.2) is 49.1 Å². The Morgan fingerprint density at radius 3 is 2.46 bits per heavy atom. The van der Waals surface area contributed by atoms with Crippen LogP contribution in [0.2, 0.25) is 0 Å². The number of amides is 1. The van der Waals surface area contributed by atoms with Gasteiger partial charge in [-0.15, -0.1) is 0 Å². The Bertz CT molecular complexity index is 918. The number of imidazole rings is 2. The van der Waals surface area contributed by atoms with Crippen molar-refractivity contribution in [1.29, 1.82) is 0 Å². The fourth-order valence-corrected chi connectivity index (χ4v) is 3.28. The largest absolute Gasteiger partial charge is 0.351 e. The maximum absolute atomic E-state index is 12.5. The van der Waals surface area contributed by atoms with E-state index in [4.69, 9.17) is 0 Å². The molecule has 0 unspecified atom stereocenters. The highest BCUT2D eigenvalue weighted by Gasteiger charge is 2.43. The first-order valence-corrected chi connectivity index (χ1v) is 8.90. The first-order valence-electron chi connectivity index (χ1n) is 8.90. The predicted octanol–water partition coefficient (Wildman–Crippen LogP) is 2.80. The summed E-state index contributed by atoms with van der Waals surface area (Å²) in [4.78, 5) is 21.1. The third-order valence-electron chi connectivity index (χ3n) is 5.24. The molecule has 1 saturated carbocycles. The lowest BCUT2D eigenvalue weighted by atomic mass is 10.1. The second-order valence-corrected chi connectivity index (χ2v) is 7.22. The monoisotopic (exact) mass is 349 g/mol. The highest BCUT2D eigenvalue weighted by atomic mass is 16.1. The van der Waals surface area contributed by atoms with Crippen molar-refractivity contribution in [2.24, 2.45) is 12.5 Å². The predicted molar refractivity (Wildman–Crippen MR) is 99.6 cm³/mol. The maximum Gasteiger partial charge on any atom is 0.251 e. The van der Waals surface area contributed by atoms with Crippen LogP contribution in [0.25, 0.3) is 11.4 Å². The molecule has 1 N–H and O–H groups in total. The minimum Gasteiger partial charge on any atom is -0.351 e. The molecule has 1 aliphatic carbocycles. The lowest BCUT2D eigenvalue weighted by molar-refractivity contribution is 0.0943. The molecule has 6 nitrogen and oxygen atoms in total. The summed E-state index contributed by atoms with van der Waals surface area (Å²) in [6, 6.07) is 7.61. The Morgan fingerprint density at radius 2 is 1.88 bits per heavy atom. The summed E-state index contributed by atoms with van der Waals surface area (Å²) in [5.41, 5.74) is 1.86. The van der Waals surface area contributed by atoms with Gasteiger partial charge in [0.15, 0.2) is 0 Å². The lowest BCUT2D eigenvalue weighted by Crippen LogP contribution is -2.32. The fourth-order valence-electron chi connectivity index (χ4n) is 3.28. The van der Waals surface area contributed by atoms with Gasteiger partial charge in [0, 0.05) is 61.5 Å². The molecule has 1 fully saturated rings. The van der Waals surface area contributed by atoms with Gasteiger partial charge in [-0.05, 0) is 31.9 Å². The SMILES string of the molecule is Cc1nccn1CC1(CNC(=O)c2ccc(-c3nccn3C)cc2)CC1. The summed E-state index contributed by atoms with van der Waals surface area (Å²) < 4.78 is 4.13. The molecule has 0 bridgehead atoms. The number of rotatable bonds is 6. The molecule has 0 radical (unpaired) electrons. The first-order chi connectivity index (χ1) is 12.6. The molecule has 0 spiro atoms. The number of carbonyl (C=O) groups excluding carboxylic acids is 1. The topological polar surface area (TPSA) is 64.7 Å². The van der Waals surface area contributed by atoms with E-state index in [2.05, 4.69) is 19.9 Å². The smallest absolute Gasteiger partial charge is 0.251 e. The minimum atomic E-state index is -0.0231. The van der Waals surface area contributed by atoms with Gasteiger partial charge >= 0.3 is 0 Å². The van der Waals surface area contributed by atoms with Crippen LogP contribution in [0.4, 0.5) is 0 Å². The van der Waals surface area contributed by atoms with E-state index in [9.17, 15) is 4.79 Å². The van der Waals surface area contributed by atoms with Gasteiger partial charge in [0.1, 0.15) is 11.6 Å². The molecule has 0 aliphatic heterocycles. The number of aryl methyl sites for hydroxylation is 2. The fraction of sp³-hybridized carbons (Fsp3) is 0.350. The zero-order valence-corrected chi connectivity index (χ0v) is 15.1. The van der Waals surface area contributed by atoms with Crippen molar-refractivity contribution in [2.75, 3.05) is 6.54 Å². The summed E-state index contributed by atoms with van der Waals surface area (Å²) in [5, 5.41) is 3.11. The third-order valence-corrected chi connectivity index (χ3v) is 5.24. The van der Waals surface area contributed by atoms with Crippen LogP contribution in [0.1, 0.15) is 29.0 Å². The molecule has 2 heterocycles. The minimum absolute atomic E-state index is 0.0231. The Balaban J connectivity index is 1.38. The number of hydrogen-bond donors (Lipinski definition) is 1. The molecule has 1 aliphatic rings. The quantitative estimate of drug-likeness (QED) is 0.744. The van der Waals surface area contributed by atoms with Crippen LogP contribution in [0.5, 0.6) is 0 Å². The Morgan fingerprint density at radius 1 is 1.15 bits per heavy atom. The summed E-state index contributed by atoms with van der Waals surface area (Å²) in [7, 11) is 1.96. The van der Waals surface area contributed by atoms with Crippen LogP contribution in [-0.4, -0.2) is 31.6 Å². The Labute approximate surface area is 152 Å². The molecule has 134 valence electrons. The van der Waals surface area contributed by atoms with E-state index in [1.807, 2.05) is 61.4 Å². The van der Waals surface area contributed by atoms with Crippen LogP contribution >= 0.6 is 0 Å². The van der Waals surface area contributed by atoms with Crippen molar-refractivity contribution in [3.63, 3.8) is 0 Å². The van der Waals surface area contributed by atoms with E-state index in [0.717, 1.165) is 36.6 Å². The highest BCUT2D eigenvalue weighted by molar-refractivity contribution is 5.94. The van der Waals surface area contributed by atoms with Gasteiger partial charge < -0.3 is 14.5 Å². The molecule has 4 rings (SSSR count). The molecule has 26 heavy (non-hydrogen) atoms. The van der Waals surface area contributed by atoms with Gasteiger partial charge in [-0.1, -0.05) is 12.1 Å². The van der Waals surface area contributed by atoms with Crippen molar-refractivity contribution in [1.82, 2.24) is 24.4 Å². The molecule has 1 amide bonds. The third kappa shape index (κ3) is 3.27. The maximum atomic E-state index is 12.5. The van der Waals surface area contributed by atoms with E-state index >= 15 is 0 Å². The first kappa shape index (κ1) is 16.6. The van der Waals surface area contributed by atoms with Crippen molar-refractivity contribution < 1.29 is 4.79 Å². The number of aromatic nitrogens is 4. The molecular weight excluding hydrogens is 326 g/mol. The van der Waals surface area contributed by atoms with Crippen LogP contribution in [0.3, 0.4) is 0 Å². The standard InChI is InChI=1S/C20H23N5O/c1-15-21-10-12-25(15)14-20(7-8-20)13-23-19(26)17-5-3-16(4-6-17)18-22-9-11-24(18)2/h3-6,9-12H,7-8,13-14H2,1-2H3,(H,23,26). The van der Waals surface area contributed by atoms with Crippen molar-refractivity contribution in [3.8, 4) is 11.4 Å². The van der Waals surface area contributed by atoms with E-state index in [-0.39, 0.29) is 11.3 Å². The summed E-state index contributed by atoms with van der Waals surface area (Å²) in [5.74, 6) is 1.89. The summed E-state index contributed by atoms with van der Waals surface area (Å²) >= 11 is 0. The number of nitrogens with zero attached hydrogens (tertiary/aromatic N) is 4. The zero-order chi connectivity index (χ0) is 18.1. The Kier molecular flexibility index (Phi) is 4.11. The van der Waals surface area contributed by atoms with E-state index in [1.165, 1.54) is 0 Å². The van der Waals surface area contributed by atoms with Crippen LogP contribution in [0, 0.1) is 12.3 Å². The van der Waals surface area contributed by atoms with E-state index < -0.39 is 0 Å². The molecule has 2 aromatic heterocycles. The van der Waals surface area contributed by atoms with Gasteiger partial charge in [-0.25, -0.2) is 9.97 Å². The average Bonchev–Trinajstić information content (AvgIpc) is 3.09. The van der Waals surface area contributed by atoms with Gasteiger partial charge in [-0.2, -0.15) is 0 Å². The highest BCUT2D eigenvalue weighted by Crippen LogP contribution is 2.46. The van der Waals surface area contributed by atoms with E-state index in [1.54, 1.807) is 6.20 Å². The van der Waals surface area contributed by atoms with Crippen LogP contribution in [-0.2, 0) is 13.6 Å². The number of carbonyl (C=O) groups is 1. The molecule has 0 atom stereocenters. The summed E-state index contributed by atoms with van der Waals surface area (Å²) in [6.45, 7) is 3.62. The van der Waals surface area contributed by atoms with E-state index in [0.29, 0.717) is 12.1 Å². The Hall–Kier alpha value is -2.89. The number of benzene rings is 1. The van der Waals surface area contributed by atoms with Crippen LogP contribution < -0.4 is 5.32 Å². The number of nitrogens with one attached hydrogen (secondary N) is 1. The normalized spacial score (nSPS) is 15.0. The van der Waals surface area contributed by atoms with Gasteiger partial charge in [0.2, 0.25) is 0 Å². The van der Waals surface area contributed by atoms with Crippen molar-refractivity contribution in [2.45, 2.75) is 26.3 Å². The molecule has 0 saturated heterocycles. The lowest BCUT2D eigenvalue weighted by Gasteiger charge is -2.17. The molecule has 6 heteroatoms.